The van der Waals surface area contributed by atoms with Crippen molar-refractivity contribution in [2.75, 3.05) is 33.4 Å². The Labute approximate surface area is 181 Å². The van der Waals surface area contributed by atoms with E-state index in [9.17, 15) is 4.79 Å². The molecule has 1 atom stereocenters. The molecule has 1 fully saturated rings. The minimum Gasteiger partial charge on any atom is -0.497 e. The van der Waals surface area contributed by atoms with Gasteiger partial charge in [0.25, 0.3) is 5.91 Å². The van der Waals surface area contributed by atoms with Crippen LogP contribution in [-0.4, -0.2) is 44.2 Å². The van der Waals surface area contributed by atoms with Gasteiger partial charge in [-0.1, -0.05) is 40.9 Å². The predicted octanol–water partition coefficient (Wildman–Crippen LogP) is 4.57. The van der Waals surface area contributed by atoms with Gasteiger partial charge in [-0.25, -0.2) is 0 Å². The average molecular weight is 461 g/mol. The molecule has 6 heteroatoms. The topological polar surface area (TPSA) is 50.8 Å². The van der Waals surface area contributed by atoms with E-state index in [4.69, 9.17) is 9.47 Å². The molecule has 3 rings (SSSR count). The summed E-state index contributed by atoms with van der Waals surface area (Å²) in [6.45, 7) is 2.69. The second-order valence-corrected chi connectivity index (χ2v) is 8.20. The molecule has 1 aliphatic rings. The third-order valence-corrected chi connectivity index (χ3v) is 5.79. The maximum Gasteiger partial charge on any atom is 0.258 e. The first-order valence-corrected chi connectivity index (χ1v) is 11.0. The van der Waals surface area contributed by atoms with Gasteiger partial charge in [-0.15, -0.1) is 0 Å². The summed E-state index contributed by atoms with van der Waals surface area (Å²) in [6.07, 6.45) is 4.96. The Hall–Kier alpha value is -2.05. The lowest BCUT2D eigenvalue weighted by Gasteiger charge is -2.31. The molecule has 0 spiro atoms. The Morgan fingerprint density at radius 2 is 1.62 bits per heavy atom. The molecule has 0 aromatic heterocycles. The molecule has 0 radical (unpaired) electrons. The number of carbonyl (C=O) groups excluding carboxylic acids is 1. The van der Waals surface area contributed by atoms with E-state index in [1.165, 1.54) is 31.2 Å². The molecule has 29 heavy (non-hydrogen) atoms. The normalized spacial score (nSPS) is 15.9. The van der Waals surface area contributed by atoms with Crippen molar-refractivity contribution >= 4 is 21.8 Å². The van der Waals surface area contributed by atoms with E-state index in [2.05, 4.69) is 38.3 Å². The summed E-state index contributed by atoms with van der Waals surface area (Å²) in [6, 6.07) is 15.8. The maximum absolute atomic E-state index is 12.4. The molecule has 1 saturated heterocycles. The highest BCUT2D eigenvalue weighted by Crippen LogP contribution is 2.25. The molecular formula is C23H29BrN2O3. The van der Waals surface area contributed by atoms with Crippen LogP contribution in [0.3, 0.4) is 0 Å². The number of benzene rings is 2. The highest BCUT2D eigenvalue weighted by atomic mass is 79.9. The number of hydrogen-bond donors (Lipinski definition) is 1. The second-order valence-electron chi connectivity index (χ2n) is 7.29. The molecule has 1 N–H and O–H groups in total. The Bertz CT molecular complexity index is 757. The number of ether oxygens (including phenoxy) is 2. The first kappa shape index (κ1) is 21.7. The van der Waals surface area contributed by atoms with Crippen molar-refractivity contribution in [2.45, 2.75) is 31.7 Å². The van der Waals surface area contributed by atoms with Gasteiger partial charge in [-0.3, -0.25) is 9.69 Å². The van der Waals surface area contributed by atoms with Crippen LogP contribution >= 0.6 is 15.9 Å². The van der Waals surface area contributed by atoms with Gasteiger partial charge >= 0.3 is 0 Å². The molecule has 2 aromatic rings. The smallest absolute Gasteiger partial charge is 0.258 e. The molecule has 0 aliphatic carbocycles. The van der Waals surface area contributed by atoms with Crippen molar-refractivity contribution in [2.24, 2.45) is 0 Å². The van der Waals surface area contributed by atoms with E-state index < -0.39 is 0 Å². The van der Waals surface area contributed by atoms with Crippen molar-refractivity contribution < 1.29 is 14.3 Å². The largest absolute Gasteiger partial charge is 0.497 e. The van der Waals surface area contributed by atoms with Crippen molar-refractivity contribution in [3.63, 3.8) is 0 Å². The molecule has 2 aromatic carbocycles. The maximum atomic E-state index is 12.4. The Morgan fingerprint density at radius 1 is 1.00 bits per heavy atom. The molecule has 1 aliphatic heterocycles. The van der Waals surface area contributed by atoms with Crippen LogP contribution in [0.25, 0.3) is 0 Å². The third-order valence-electron chi connectivity index (χ3n) is 5.26. The number of likely N-dealkylation sites (tertiary alicyclic amines) is 1. The SMILES string of the molecule is COc1ccc([C@H](CNC(=O)COc2ccc(Br)cc2)N2CCCCCC2)cc1. The summed E-state index contributed by atoms with van der Waals surface area (Å²) < 4.78 is 11.9. The average Bonchev–Trinajstić information content (AvgIpc) is 3.03. The summed E-state index contributed by atoms with van der Waals surface area (Å²) in [4.78, 5) is 14.9. The van der Waals surface area contributed by atoms with E-state index in [1.54, 1.807) is 7.11 Å². The highest BCUT2D eigenvalue weighted by Gasteiger charge is 2.22. The minimum atomic E-state index is -0.110. The van der Waals surface area contributed by atoms with Crippen LogP contribution in [0.1, 0.15) is 37.3 Å². The molecule has 0 saturated carbocycles. The zero-order chi connectivity index (χ0) is 20.5. The van der Waals surface area contributed by atoms with Crippen molar-refractivity contribution in [3.8, 4) is 11.5 Å². The van der Waals surface area contributed by atoms with Gasteiger partial charge in [0.1, 0.15) is 11.5 Å². The van der Waals surface area contributed by atoms with Crippen molar-refractivity contribution in [1.29, 1.82) is 0 Å². The molecule has 156 valence electrons. The standard InChI is InChI=1S/C23H29BrN2O3/c1-28-20-10-6-18(7-11-20)22(26-14-4-2-3-5-15-26)16-25-23(27)17-29-21-12-8-19(24)9-13-21/h6-13,22H,2-5,14-17H2,1H3,(H,25,27)/t22-/m0/s1. The van der Waals surface area contributed by atoms with E-state index >= 15 is 0 Å². The number of halogens is 1. The Morgan fingerprint density at radius 3 is 2.24 bits per heavy atom. The van der Waals surface area contributed by atoms with Crippen LogP contribution in [0.2, 0.25) is 0 Å². The molecule has 0 unspecified atom stereocenters. The van der Waals surface area contributed by atoms with Gasteiger partial charge in [0.05, 0.1) is 13.2 Å². The van der Waals surface area contributed by atoms with Gasteiger partial charge in [0.2, 0.25) is 0 Å². The Kier molecular flexibility index (Phi) is 8.38. The minimum absolute atomic E-state index is 0.0109. The third kappa shape index (κ3) is 6.75. The van der Waals surface area contributed by atoms with E-state index in [0.717, 1.165) is 23.3 Å². The molecule has 1 heterocycles. The quantitative estimate of drug-likeness (QED) is 0.626. The number of carbonyl (C=O) groups is 1. The lowest BCUT2D eigenvalue weighted by molar-refractivity contribution is -0.123. The number of nitrogens with one attached hydrogen (secondary N) is 1. The fourth-order valence-corrected chi connectivity index (χ4v) is 3.90. The fourth-order valence-electron chi connectivity index (χ4n) is 3.63. The second kappa shape index (κ2) is 11.2. The fraction of sp³-hybridized carbons (Fsp3) is 0.435. The number of nitrogens with zero attached hydrogens (tertiary/aromatic N) is 1. The number of hydrogen-bond acceptors (Lipinski definition) is 4. The molecular weight excluding hydrogens is 432 g/mol. The van der Waals surface area contributed by atoms with Crippen LogP contribution in [0.15, 0.2) is 53.0 Å². The molecule has 5 nitrogen and oxygen atoms in total. The van der Waals surface area contributed by atoms with Gasteiger partial charge in [-0.2, -0.15) is 0 Å². The summed E-state index contributed by atoms with van der Waals surface area (Å²) in [5, 5.41) is 3.06. The Balaban J connectivity index is 1.60. The zero-order valence-electron chi connectivity index (χ0n) is 16.9. The predicted molar refractivity (Wildman–Crippen MR) is 118 cm³/mol. The molecule has 0 bridgehead atoms. The van der Waals surface area contributed by atoms with E-state index in [-0.39, 0.29) is 18.6 Å². The lowest BCUT2D eigenvalue weighted by atomic mass is 10.0. The first-order chi connectivity index (χ1) is 14.2. The highest BCUT2D eigenvalue weighted by molar-refractivity contribution is 9.10. The van der Waals surface area contributed by atoms with Crippen molar-refractivity contribution in [3.05, 3.63) is 58.6 Å². The first-order valence-electron chi connectivity index (χ1n) is 10.2. The van der Waals surface area contributed by atoms with Crippen molar-refractivity contribution in [1.82, 2.24) is 10.2 Å². The number of amides is 1. The van der Waals surface area contributed by atoms with Gasteiger partial charge < -0.3 is 14.8 Å². The summed E-state index contributed by atoms with van der Waals surface area (Å²) in [5.74, 6) is 1.42. The number of rotatable bonds is 8. The van der Waals surface area contributed by atoms with Gasteiger partial charge in [0.15, 0.2) is 6.61 Å². The number of methoxy groups -OCH3 is 1. The lowest BCUT2D eigenvalue weighted by Crippen LogP contribution is -2.40. The van der Waals surface area contributed by atoms with Gasteiger partial charge in [0, 0.05) is 11.0 Å². The summed E-state index contributed by atoms with van der Waals surface area (Å²) in [5.41, 5.74) is 1.20. The van der Waals surface area contributed by atoms with Crippen LogP contribution in [0, 0.1) is 0 Å². The molecule has 1 amide bonds. The van der Waals surface area contributed by atoms with Crippen LogP contribution in [0.5, 0.6) is 11.5 Å². The zero-order valence-corrected chi connectivity index (χ0v) is 18.5. The summed E-state index contributed by atoms with van der Waals surface area (Å²) >= 11 is 3.39. The van der Waals surface area contributed by atoms with Crippen LogP contribution < -0.4 is 14.8 Å². The monoisotopic (exact) mass is 460 g/mol. The van der Waals surface area contributed by atoms with Crippen LogP contribution in [-0.2, 0) is 4.79 Å². The van der Waals surface area contributed by atoms with E-state index in [0.29, 0.717) is 12.3 Å². The van der Waals surface area contributed by atoms with Gasteiger partial charge in [-0.05, 0) is 67.9 Å². The van der Waals surface area contributed by atoms with E-state index in [1.807, 2.05) is 36.4 Å². The summed E-state index contributed by atoms with van der Waals surface area (Å²) in [7, 11) is 1.67. The van der Waals surface area contributed by atoms with Crippen LogP contribution in [0.4, 0.5) is 0 Å².